The third-order valence-electron chi connectivity index (χ3n) is 5.24. The Kier molecular flexibility index (Phi) is 5.30. The summed E-state index contributed by atoms with van der Waals surface area (Å²) in [6.07, 6.45) is -0.467. The topological polar surface area (TPSA) is 88.0 Å². The molecule has 0 spiro atoms. The maximum atomic E-state index is 12.2. The number of carbonyl (C=O) groups excluding carboxylic acids is 3. The summed E-state index contributed by atoms with van der Waals surface area (Å²) in [5, 5.41) is 5.19. The van der Waals surface area contributed by atoms with E-state index in [0.717, 1.165) is 23.5 Å². The normalized spacial score (nSPS) is 17.8. The summed E-state index contributed by atoms with van der Waals surface area (Å²) >= 11 is 0. The van der Waals surface area contributed by atoms with Crippen LogP contribution in [0.1, 0.15) is 18.5 Å². The highest BCUT2D eigenvalue weighted by molar-refractivity contribution is 6.01. The fraction of sp³-hybridized carbons (Fsp3) is 0.400. The number of rotatable bonds is 4. The van der Waals surface area contributed by atoms with Crippen molar-refractivity contribution in [3.05, 3.63) is 42.1 Å². The van der Waals surface area contributed by atoms with Crippen molar-refractivity contribution < 1.29 is 19.2 Å². The molecule has 4 rings (SSSR count). The van der Waals surface area contributed by atoms with Gasteiger partial charge in [0.15, 0.2) is 0 Å². The molecule has 2 aliphatic heterocycles. The Labute approximate surface area is 168 Å². The Morgan fingerprint density at radius 1 is 1.03 bits per heavy atom. The first-order valence-corrected chi connectivity index (χ1v) is 9.64. The summed E-state index contributed by atoms with van der Waals surface area (Å²) in [4.78, 5) is 44.2. The van der Waals surface area contributed by atoms with Crippen molar-refractivity contribution in [2.75, 3.05) is 26.2 Å². The number of benzene rings is 1. The predicted octanol–water partition coefficient (Wildman–Crippen LogP) is 1.41. The second-order valence-electron chi connectivity index (χ2n) is 7.21. The van der Waals surface area contributed by atoms with Crippen molar-refractivity contribution >= 4 is 17.9 Å². The zero-order valence-corrected chi connectivity index (χ0v) is 16.3. The van der Waals surface area contributed by atoms with Crippen LogP contribution in [0.2, 0.25) is 0 Å². The van der Waals surface area contributed by atoms with E-state index in [1.54, 1.807) is 0 Å². The molecule has 1 aromatic heterocycles. The molecular weight excluding hydrogens is 374 g/mol. The van der Waals surface area contributed by atoms with Crippen LogP contribution in [-0.4, -0.2) is 68.7 Å². The van der Waals surface area contributed by atoms with Crippen LogP contribution in [0.25, 0.3) is 11.3 Å². The number of hydrogen-bond acceptors (Lipinski definition) is 6. The zero-order valence-electron chi connectivity index (χ0n) is 16.3. The number of imide groups is 1. The molecule has 152 valence electrons. The largest absolute Gasteiger partial charge is 0.434 e. The summed E-state index contributed by atoms with van der Waals surface area (Å²) in [6, 6.07) is 12.1. The lowest BCUT2D eigenvalue weighted by molar-refractivity contribution is -0.174. The Morgan fingerprint density at radius 2 is 1.69 bits per heavy atom. The monoisotopic (exact) mass is 397 g/mol. The van der Waals surface area contributed by atoms with Gasteiger partial charge in [-0.05, 0) is 6.07 Å². The van der Waals surface area contributed by atoms with Crippen LogP contribution < -0.4 is 0 Å². The van der Waals surface area contributed by atoms with Crippen LogP contribution in [0, 0.1) is 0 Å². The Balaban J connectivity index is 1.31. The van der Waals surface area contributed by atoms with Gasteiger partial charge in [0.25, 0.3) is 11.8 Å². The summed E-state index contributed by atoms with van der Waals surface area (Å²) in [5.74, 6) is -0.931. The number of aryl methyl sites for hydroxylation is 1. The van der Waals surface area contributed by atoms with Crippen molar-refractivity contribution in [2.24, 2.45) is 7.05 Å². The number of piperazine rings is 1. The quantitative estimate of drug-likeness (QED) is 0.725. The third kappa shape index (κ3) is 4.14. The average Bonchev–Trinajstić information content (AvgIpc) is 3.26. The molecule has 0 bridgehead atoms. The molecule has 0 atom stereocenters. The summed E-state index contributed by atoms with van der Waals surface area (Å²) in [6.45, 7) is 3.00. The molecule has 0 aliphatic carbocycles. The predicted molar refractivity (Wildman–Crippen MR) is 103 cm³/mol. The van der Waals surface area contributed by atoms with E-state index in [1.165, 1.54) is 4.90 Å². The van der Waals surface area contributed by atoms with Crippen molar-refractivity contribution in [1.29, 1.82) is 0 Å². The molecule has 9 nitrogen and oxygen atoms in total. The Hall–Kier alpha value is -3.20. The van der Waals surface area contributed by atoms with Gasteiger partial charge in [-0.1, -0.05) is 30.3 Å². The maximum absolute atomic E-state index is 12.2. The molecule has 0 radical (unpaired) electrons. The summed E-state index contributed by atoms with van der Waals surface area (Å²) in [5.41, 5.74) is 3.10. The van der Waals surface area contributed by atoms with Gasteiger partial charge < -0.3 is 9.74 Å². The van der Waals surface area contributed by atoms with Gasteiger partial charge in [0.2, 0.25) is 0 Å². The number of carbonyl (C=O) groups is 3. The number of hydrogen-bond donors (Lipinski definition) is 0. The average molecular weight is 397 g/mol. The summed E-state index contributed by atoms with van der Waals surface area (Å²) in [7, 11) is 1.93. The highest BCUT2D eigenvalue weighted by atomic mass is 16.7. The van der Waals surface area contributed by atoms with Crippen LogP contribution in [-0.2, 0) is 28.0 Å². The van der Waals surface area contributed by atoms with E-state index in [4.69, 9.17) is 4.84 Å². The van der Waals surface area contributed by atoms with E-state index in [0.29, 0.717) is 31.2 Å². The van der Waals surface area contributed by atoms with Crippen molar-refractivity contribution in [1.82, 2.24) is 24.6 Å². The first-order valence-electron chi connectivity index (χ1n) is 9.64. The Morgan fingerprint density at radius 3 is 2.34 bits per heavy atom. The van der Waals surface area contributed by atoms with Gasteiger partial charge in [-0.25, -0.2) is 4.79 Å². The second-order valence-corrected chi connectivity index (χ2v) is 7.21. The first kappa shape index (κ1) is 19.1. The Bertz CT molecular complexity index is 902. The standard InChI is InChI=1S/C20H23N5O4/c1-22-16(13-17(21-22)15-5-3-2-4-6-15)14-23-9-11-24(12-10-23)20(28)29-25-18(26)7-8-19(25)27/h2-6,13H,7-12,14H2,1H3. The molecule has 2 saturated heterocycles. The van der Waals surface area contributed by atoms with Gasteiger partial charge >= 0.3 is 6.09 Å². The van der Waals surface area contributed by atoms with Crippen LogP contribution in [0.4, 0.5) is 4.79 Å². The molecule has 0 unspecified atom stereocenters. The van der Waals surface area contributed by atoms with Crippen LogP contribution in [0.5, 0.6) is 0 Å². The minimum Gasteiger partial charge on any atom is -0.311 e. The molecule has 0 saturated carbocycles. The van der Waals surface area contributed by atoms with E-state index in [-0.39, 0.29) is 12.8 Å². The molecule has 0 N–H and O–H groups in total. The fourth-order valence-electron chi connectivity index (χ4n) is 3.52. The highest BCUT2D eigenvalue weighted by Gasteiger charge is 2.34. The lowest BCUT2D eigenvalue weighted by atomic mass is 10.1. The molecule has 29 heavy (non-hydrogen) atoms. The van der Waals surface area contributed by atoms with E-state index in [1.807, 2.05) is 42.1 Å². The molecule has 9 heteroatoms. The lowest BCUT2D eigenvalue weighted by Crippen LogP contribution is -2.50. The lowest BCUT2D eigenvalue weighted by Gasteiger charge is -2.34. The number of hydroxylamine groups is 2. The third-order valence-corrected chi connectivity index (χ3v) is 5.24. The number of aromatic nitrogens is 2. The first-order chi connectivity index (χ1) is 14.0. The van der Waals surface area contributed by atoms with Gasteiger partial charge in [0.1, 0.15) is 0 Å². The SMILES string of the molecule is Cn1nc(-c2ccccc2)cc1CN1CCN(C(=O)ON2C(=O)CCC2=O)CC1. The van der Waals surface area contributed by atoms with E-state index in [9.17, 15) is 14.4 Å². The number of nitrogens with zero attached hydrogens (tertiary/aromatic N) is 5. The minimum absolute atomic E-state index is 0.0928. The van der Waals surface area contributed by atoms with Crippen LogP contribution >= 0.6 is 0 Å². The van der Waals surface area contributed by atoms with E-state index < -0.39 is 17.9 Å². The second kappa shape index (κ2) is 8.04. The van der Waals surface area contributed by atoms with Gasteiger partial charge in [-0.15, -0.1) is 5.06 Å². The van der Waals surface area contributed by atoms with E-state index >= 15 is 0 Å². The molecule has 1 aromatic carbocycles. The van der Waals surface area contributed by atoms with Crippen molar-refractivity contribution in [2.45, 2.75) is 19.4 Å². The molecular formula is C20H23N5O4. The fourth-order valence-corrected chi connectivity index (χ4v) is 3.52. The number of amides is 3. The molecule has 2 aliphatic rings. The van der Waals surface area contributed by atoms with Gasteiger partial charge in [0.05, 0.1) is 11.4 Å². The van der Waals surface area contributed by atoms with Gasteiger partial charge in [-0.2, -0.15) is 5.10 Å². The zero-order chi connectivity index (χ0) is 20.4. The molecule has 2 fully saturated rings. The molecule has 2 aromatic rings. The van der Waals surface area contributed by atoms with Crippen molar-refractivity contribution in [3.63, 3.8) is 0 Å². The minimum atomic E-state index is -0.653. The van der Waals surface area contributed by atoms with Crippen LogP contribution in [0.3, 0.4) is 0 Å². The molecule has 3 amide bonds. The van der Waals surface area contributed by atoms with Gasteiger partial charge in [0, 0.05) is 58.2 Å². The van der Waals surface area contributed by atoms with Crippen molar-refractivity contribution in [3.8, 4) is 11.3 Å². The van der Waals surface area contributed by atoms with Crippen LogP contribution in [0.15, 0.2) is 36.4 Å². The highest BCUT2D eigenvalue weighted by Crippen LogP contribution is 2.20. The maximum Gasteiger partial charge on any atom is 0.434 e. The smallest absolute Gasteiger partial charge is 0.311 e. The summed E-state index contributed by atoms with van der Waals surface area (Å²) < 4.78 is 1.88. The van der Waals surface area contributed by atoms with Gasteiger partial charge in [-0.3, -0.25) is 19.2 Å². The molecule has 3 heterocycles. The van der Waals surface area contributed by atoms with E-state index in [2.05, 4.69) is 16.1 Å².